The second-order valence-electron chi connectivity index (χ2n) is 8.26. The first kappa shape index (κ1) is 22.3. The Morgan fingerprint density at radius 3 is 2.80 bits per heavy atom. The molecule has 2 aromatic heterocycles. The molecular formula is C25H22FN7O2. The standard InChI is InChI=1S/C25H22FN7O2/c26-20-13-18(35-17-6-2-1-3-7-17)8-9-19(20)23-22-24(28)29-15-30-25(22)33(31-23)14-16-5-4-12-32(16)21(34)10-11-27/h1-3,6-9,13,15-16H,4-5,10,12,14H2,(H2,28,29,30). The summed E-state index contributed by atoms with van der Waals surface area (Å²) in [6.45, 7) is 0.937. The largest absolute Gasteiger partial charge is 0.457 e. The number of fused-ring (bicyclic) bond motifs is 1. The molecule has 1 unspecified atom stereocenters. The van der Waals surface area contributed by atoms with Crippen LogP contribution in [-0.4, -0.2) is 43.1 Å². The minimum atomic E-state index is -0.528. The van der Waals surface area contributed by atoms with Crippen LogP contribution in [0.2, 0.25) is 0 Å². The predicted octanol–water partition coefficient (Wildman–Crippen LogP) is 3.91. The maximum Gasteiger partial charge on any atom is 0.237 e. The van der Waals surface area contributed by atoms with Crippen molar-refractivity contribution < 1.29 is 13.9 Å². The van der Waals surface area contributed by atoms with E-state index in [2.05, 4.69) is 15.1 Å². The van der Waals surface area contributed by atoms with Crippen LogP contribution < -0.4 is 10.5 Å². The van der Waals surface area contributed by atoms with Crippen molar-refractivity contribution in [3.8, 4) is 28.8 Å². The molecule has 2 aromatic carbocycles. The van der Waals surface area contributed by atoms with Gasteiger partial charge >= 0.3 is 0 Å². The number of hydrogen-bond acceptors (Lipinski definition) is 7. The van der Waals surface area contributed by atoms with Gasteiger partial charge in [-0.25, -0.2) is 19.0 Å². The Labute approximate surface area is 200 Å². The molecule has 5 rings (SSSR count). The van der Waals surface area contributed by atoms with E-state index in [9.17, 15) is 4.79 Å². The maximum absolute atomic E-state index is 15.3. The van der Waals surface area contributed by atoms with E-state index in [-0.39, 0.29) is 29.8 Å². The highest BCUT2D eigenvalue weighted by atomic mass is 19.1. The van der Waals surface area contributed by atoms with Crippen LogP contribution in [-0.2, 0) is 11.3 Å². The average molecular weight is 471 g/mol. The number of nitrogens with zero attached hydrogens (tertiary/aromatic N) is 6. The number of anilines is 1. The van der Waals surface area contributed by atoms with Crippen molar-refractivity contribution in [1.82, 2.24) is 24.6 Å². The molecule has 9 nitrogen and oxygen atoms in total. The molecule has 176 valence electrons. The Morgan fingerprint density at radius 2 is 2.03 bits per heavy atom. The summed E-state index contributed by atoms with van der Waals surface area (Å²) in [5.41, 5.74) is 7.17. The molecule has 1 saturated heterocycles. The highest BCUT2D eigenvalue weighted by Gasteiger charge is 2.30. The number of likely N-dealkylation sites (tertiary alicyclic amines) is 1. The van der Waals surface area contributed by atoms with Gasteiger partial charge in [-0.3, -0.25) is 4.79 Å². The Hall–Kier alpha value is -4.52. The molecule has 4 aromatic rings. The van der Waals surface area contributed by atoms with Crippen molar-refractivity contribution in [2.75, 3.05) is 12.3 Å². The highest BCUT2D eigenvalue weighted by Crippen LogP contribution is 2.34. The number of rotatable bonds is 6. The summed E-state index contributed by atoms with van der Waals surface area (Å²) in [7, 11) is 0. The minimum absolute atomic E-state index is 0.144. The molecule has 1 atom stereocenters. The zero-order chi connectivity index (χ0) is 24.4. The van der Waals surface area contributed by atoms with E-state index in [0.717, 1.165) is 12.8 Å². The fraction of sp³-hybridized carbons (Fsp3) is 0.240. The third-order valence-corrected chi connectivity index (χ3v) is 6.04. The van der Waals surface area contributed by atoms with Crippen molar-refractivity contribution in [3.05, 3.63) is 60.7 Å². The lowest BCUT2D eigenvalue weighted by molar-refractivity contribution is -0.131. The zero-order valence-electron chi connectivity index (χ0n) is 18.8. The van der Waals surface area contributed by atoms with Gasteiger partial charge in [0.1, 0.15) is 41.6 Å². The zero-order valence-corrected chi connectivity index (χ0v) is 18.8. The monoisotopic (exact) mass is 471 g/mol. The van der Waals surface area contributed by atoms with Gasteiger partial charge in [-0.1, -0.05) is 18.2 Å². The predicted molar refractivity (Wildman–Crippen MR) is 127 cm³/mol. The SMILES string of the molecule is N#CCC(=O)N1CCCC1Cn1nc(-c2ccc(Oc3ccccc3)cc2F)c2c(N)ncnc21. The number of carbonyl (C=O) groups excluding carboxylic acids is 1. The second kappa shape index (κ2) is 9.38. The summed E-state index contributed by atoms with van der Waals surface area (Å²) in [4.78, 5) is 22.5. The first-order chi connectivity index (χ1) is 17.0. The molecule has 0 aliphatic carbocycles. The van der Waals surface area contributed by atoms with Gasteiger partial charge in [-0.2, -0.15) is 10.4 Å². The number of amides is 1. The minimum Gasteiger partial charge on any atom is -0.457 e. The number of hydrogen-bond donors (Lipinski definition) is 1. The number of nitrogen functional groups attached to an aromatic ring is 1. The Balaban J connectivity index is 1.50. The Bertz CT molecular complexity index is 1430. The van der Waals surface area contributed by atoms with Gasteiger partial charge in [-0.15, -0.1) is 0 Å². The van der Waals surface area contributed by atoms with E-state index in [0.29, 0.717) is 41.3 Å². The van der Waals surface area contributed by atoms with Gasteiger partial charge in [0.2, 0.25) is 5.91 Å². The molecule has 0 saturated carbocycles. The fourth-order valence-corrected chi connectivity index (χ4v) is 4.44. The molecule has 1 fully saturated rings. The number of aromatic nitrogens is 4. The Kier molecular flexibility index (Phi) is 5.97. The number of benzene rings is 2. The molecule has 0 radical (unpaired) electrons. The first-order valence-corrected chi connectivity index (χ1v) is 11.2. The topological polar surface area (TPSA) is 123 Å². The third kappa shape index (κ3) is 4.36. The lowest BCUT2D eigenvalue weighted by Crippen LogP contribution is -2.38. The summed E-state index contributed by atoms with van der Waals surface area (Å²) in [5.74, 6) is 0.395. The van der Waals surface area contributed by atoms with E-state index in [1.807, 2.05) is 24.3 Å². The van der Waals surface area contributed by atoms with Crippen LogP contribution in [0.15, 0.2) is 54.9 Å². The first-order valence-electron chi connectivity index (χ1n) is 11.2. The van der Waals surface area contributed by atoms with Crippen LogP contribution in [0.1, 0.15) is 19.3 Å². The van der Waals surface area contributed by atoms with Crippen molar-refractivity contribution in [2.45, 2.75) is 31.8 Å². The van der Waals surface area contributed by atoms with Gasteiger partial charge in [0.15, 0.2) is 5.65 Å². The molecule has 0 bridgehead atoms. The number of halogens is 1. The van der Waals surface area contributed by atoms with Crippen LogP contribution in [0.4, 0.5) is 10.2 Å². The molecular weight excluding hydrogens is 449 g/mol. The summed E-state index contributed by atoms with van der Waals surface area (Å²) in [6.07, 6.45) is 2.77. The lowest BCUT2D eigenvalue weighted by atomic mass is 10.1. The quantitative estimate of drug-likeness (QED) is 0.452. The van der Waals surface area contributed by atoms with Gasteiger partial charge in [0, 0.05) is 18.2 Å². The van der Waals surface area contributed by atoms with E-state index >= 15 is 4.39 Å². The summed E-state index contributed by atoms with van der Waals surface area (Å²) in [5, 5.41) is 14.0. The van der Waals surface area contributed by atoms with E-state index in [4.69, 9.17) is 15.7 Å². The molecule has 1 amide bonds. The van der Waals surface area contributed by atoms with Crippen molar-refractivity contribution >= 4 is 22.8 Å². The van der Waals surface area contributed by atoms with Crippen molar-refractivity contribution in [1.29, 1.82) is 5.26 Å². The number of nitriles is 1. The van der Waals surface area contributed by atoms with Gasteiger partial charge in [0.25, 0.3) is 0 Å². The van der Waals surface area contributed by atoms with E-state index < -0.39 is 5.82 Å². The normalized spacial score (nSPS) is 15.3. The third-order valence-electron chi connectivity index (χ3n) is 6.04. The molecule has 1 aliphatic rings. The van der Waals surface area contributed by atoms with Crippen LogP contribution >= 0.6 is 0 Å². The van der Waals surface area contributed by atoms with Crippen molar-refractivity contribution in [2.24, 2.45) is 0 Å². The Morgan fingerprint density at radius 1 is 1.20 bits per heavy atom. The summed E-state index contributed by atoms with van der Waals surface area (Å²) < 4.78 is 22.6. The van der Waals surface area contributed by atoms with Crippen LogP contribution in [0, 0.1) is 17.1 Å². The molecule has 10 heteroatoms. The molecule has 35 heavy (non-hydrogen) atoms. The number of para-hydroxylation sites is 1. The summed E-state index contributed by atoms with van der Waals surface area (Å²) >= 11 is 0. The fourth-order valence-electron chi connectivity index (χ4n) is 4.44. The van der Waals surface area contributed by atoms with Crippen LogP contribution in [0.3, 0.4) is 0 Å². The number of nitrogens with two attached hydrogens (primary N) is 1. The molecule has 2 N–H and O–H groups in total. The maximum atomic E-state index is 15.3. The summed E-state index contributed by atoms with van der Waals surface area (Å²) in [6, 6.07) is 15.4. The van der Waals surface area contributed by atoms with Gasteiger partial charge in [0.05, 0.1) is 24.0 Å². The highest BCUT2D eigenvalue weighted by molar-refractivity contribution is 5.98. The number of carbonyl (C=O) groups is 1. The molecule has 0 spiro atoms. The smallest absolute Gasteiger partial charge is 0.237 e. The van der Waals surface area contributed by atoms with Gasteiger partial charge in [-0.05, 0) is 37.1 Å². The van der Waals surface area contributed by atoms with E-state index in [1.54, 1.807) is 33.8 Å². The average Bonchev–Trinajstić information content (AvgIpc) is 3.46. The van der Waals surface area contributed by atoms with Crippen LogP contribution in [0.5, 0.6) is 11.5 Å². The van der Waals surface area contributed by atoms with Crippen LogP contribution in [0.25, 0.3) is 22.3 Å². The second-order valence-corrected chi connectivity index (χ2v) is 8.26. The van der Waals surface area contributed by atoms with Gasteiger partial charge < -0.3 is 15.4 Å². The van der Waals surface area contributed by atoms with Crippen molar-refractivity contribution in [3.63, 3.8) is 0 Å². The molecule has 3 heterocycles. The van der Waals surface area contributed by atoms with E-state index in [1.165, 1.54) is 12.4 Å². The number of ether oxygens (including phenoxy) is 1. The molecule has 1 aliphatic heterocycles. The lowest BCUT2D eigenvalue weighted by Gasteiger charge is -2.23.